The summed E-state index contributed by atoms with van der Waals surface area (Å²) >= 11 is 0. The number of aromatic nitrogens is 1. The molecule has 1 saturated heterocycles. The summed E-state index contributed by atoms with van der Waals surface area (Å²) in [4.78, 5) is 5.47. The molecule has 7 nitrogen and oxygen atoms in total. The molecule has 2 aromatic rings. The van der Waals surface area contributed by atoms with E-state index in [2.05, 4.69) is 4.98 Å². The van der Waals surface area contributed by atoms with Crippen LogP contribution in [0.5, 0.6) is 11.6 Å². The van der Waals surface area contributed by atoms with Crippen molar-refractivity contribution >= 4 is 15.8 Å². The van der Waals surface area contributed by atoms with Crippen LogP contribution in [0.3, 0.4) is 0 Å². The number of benzene rings is 1. The predicted octanol–water partition coefficient (Wildman–Crippen LogP) is 4.63. The number of hydrogen-bond donors (Lipinski definition) is 0. The van der Waals surface area contributed by atoms with Gasteiger partial charge in [-0.05, 0) is 25.8 Å². The van der Waals surface area contributed by atoms with Gasteiger partial charge in [-0.25, -0.2) is 8.42 Å². The number of pyridine rings is 1. The molecule has 1 aliphatic heterocycles. The van der Waals surface area contributed by atoms with E-state index in [-0.39, 0.29) is 31.4 Å². The molecule has 35 heavy (non-hydrogen) atoms. The fourth-order valence-electron chi connectivity index (χ4n) is 4.04. The lowest BCUT2D eigenvalue weighted by Gasteiger charge is -2.41. The van der Waals surface area contributed by atoms with Gasteiger partial charge in [0.1, 0.15) is 29.8 Å². The summed E-state index contributed by atoms with van der Waals surface area (Å²) in [5.74, 6) is 0.483. The van der Waals surface area contributed by atoms with Gasteiger partial charge in [0.05, 0.1) is 6.26 Å². The summed E-state index contributed by atoms with van der Waals surface area (Å²) in [6.45, 7) is 5.03. The topological polar surface area (TPSA) is 72.0 Å². The van der Waals surface area contributed by atoms with Gasteiger partial charge in [-0.1, -0.05) is 43.7 Å². The Morgan fingerprint density at radius 1 is 1.11 bits per heavy atom. The highest BCUT2D eigenvalue weighted by atomic mass is 32.2. The predicted molar refractivity (Wildman–Crippen MR) is 128 cm³/mol. The second kappa shape index (κ2) is 10.6. The fraction of sp³-hybridized carbons (Fsp3) is 0.542. The standard InChI is InChI=1S/C24H32F3N3O4S/c1-5-11-23(2,3)34-22-15-19(33-17-18-9-7-6-8-10-18)14-21(28-22)30-13-12-29(35(4,31)32)16-20(30)24(25,26)27/h6-10,14-15,20H,5,11-13,16-17H2,1-4H3. The first-order chi connectivity index (χ1) is 16.3. The molecule has 0 bridgehead atoms. The number of hydrogen-bond acceptors (Lipinski definition) is 6. The zero-order chi connectivity index (χ0) is 25.9. The summed E-state index contributed by atoms with van der Waals surface area (Å²) in [6, 6.07) is 10.3. The van der Waals surface area contributed by atoms with Gasteiger partial charge in [0.25, 0.3) is 0 Å². The monoisotopic (exact) mass is 515 g/mol. The molecule has 1 atom stereocenters. The van der Waals surface area contributed by atoms with Crippen LogP contribution in [0.2, 0.25) is 0 Å². The van der Waals surface area contributed by atoms with Gasteiger partial charge in [-0.3, -0.25) is 0 Å². The minimum atomic E-state index is -4.67. The van der Waals surface area contributed by atoms with Gasteiger partial charge in [0.2, 0.25) is 15.9 Å². The molecule has 0 aliphatic carbocycles. The average Bonchev–Trinajstić information content (AvgIpc) is 2.76. The molecule has 1 aliphatic rings. The quantitative estimate of drug-likeness (QED) is 0.485. The lowest BCUT2D eigenvalue weighted by molar-refractivity contribution is -0.153. The van der Waals surface area contributed by atoms with Crippen LogP contribution in [0.1, 0.15) is 39.2 Å². The molecule has 1 fully saturated rings. The Hall–Kier alpha value is -2.53. The third-order valence-corrected chi connectivity index (χ3v) is 7.00. The second-order valence-electron chi connectivity index (χ2n) is 9.26. The van der Waals surface area contributed by atoms with Crippen molar-refractivity contribution in [3.63, 3.8) is 0 Å². The normalized spacial score (nSPS) is 17.9. The van der Waals surface area contributed by atoms with Gasteiger partial charge in [-0.2, -0.15) is 22.5 Å². The molecule has 0 N–H and O–H groups in total. The van der Waals surface area contributed by atoms with Gasteiger partial charge in [-0.15, -0.1) is 0 Å². The Morgan fingerprint density at radius 3 is 2.40 bits per heavy atom. The summed E-state index contributed by atoms with van der Waals surface area (Å²) in [7, 11) is -3.77. The Morgan fingerprint density at radius 2 is 1.80 bits per heavy atom. The Labute approximate surface area is 204 Å². The van der Waals surface area contributed by atoms with Gasteiger partial charge < -0.3 is 14.4 Å². The number of sulfonamides is 1. The zero-order valence-corrected chi connectivity index (χ0v) is 21.2. The summed E-state index contributed by atoms with van der Waals surface area (Å²) in [5, 5.41) is 0. The van der Waals surface area contributed by atoms with Crippen LogP contribution in [0, 0.1) is 0 Å². The van der Waals surface area contributed by atoms with Crippen molar-refractivity contribution in [2.24, 2.45) is 0 Å². The first kappa shape index (κ1) is 27.1. The maximum atomic E-state index is 14.0. The molecule has 0 radical (unpaired) electrons. The molecular formula is C24H32F3N3O4S. The van der Waals surface area contributed by atoms with Crippen LogP contribution in [-0.2, 0) is 16.6 Å². The zero-order valence-electron chi connectivity index (χ0n) is 20.4. The van der Waals surface area contributed by atoms with Gasteiger partial charge in [0, 0.05) is 31.8 Å². The highest BCUT2D eigenvalue weighted by Crippen LogP contribution is 2.35. The van der Waals surface area contributed by atoms with E-state index in [1.807, 2.05) is 51.1 Å². The van der Waals surface area contributed by atoms with E-state index in [9.17, 15) is 21.6 Å². The molecule has 1 unspecified atom stereocenters. The molecular weight excluding hydrogens is 483 g/mol. The molecule has 3 rings (SSSR count). The van der Waals surface area contributed by atoms with Crippen molar-refractivity contribution in [3.05, 3.63) is 48.0 Å². The van der Waals surface area contributed by atoms with Crippen molar-refractivity contribution in [1.82, 2.24) is 9.29 Å². The number of piperazine rings is 1. The van der Waals surface area contributed by atoms with E-state index < -0.39 is 34.4 Å². The van der Waals surface area contributed by atoms with E-state index in [4.69, 9.17) is 9.47 Å². The lowest BCUT2D eigenvalue weighted by Crippen LogP contribution is -2.60. The molecule has 194 valence electrons. The van der Waals surface area contributed by atoms with Crippen LogP contribution in [0.4, 0.5) is 19.0 Å². The molecule has 0 spiro atoms. The molecule has 1 aromatic heterocycles. The van der Waals surface area contributed by atoms with Crippen LogP contribution in [-0.4, -0.2) is 61.4 Å². The van der Waals surface area contributed by atoms with E-state index >= 15 is 0 Å². The van der Waals surface area contributed by atoms with Crippen molar-refractivity contribution < 1.29 is 31.1 Å². The average molecular weight is 516 g/mol. The molecule has 0 amide bonds. The smallest absolute Gasteiger partial charge is 0.410 e. The van der Waals surface area contributed by atoms with Crippen LogP contribution >= 0.6 is 0 Å². The maximum absolute atomic E-state index is 14.0. The molecule has 1 aromatic carbocycles. The summed E-state index contributed by atoms with van der Waals surface area (Å²) < 4.78 is 78.8. The Bertz CT molecular complexity index is 1090. The number of nitrogens with zero attached hydrogens (tertiary/aromatic N) is 3. The summed E-state index contributed by atoms with van der Waals surface area (Å²) in [6.07, 6.45) is -2.19. The van der Waals surface area contributed by atoms with Crippen molar-refractivity contribution in [2.45, 2.75) is 58.0 Å². The Balaban J connectivity index is 1.96. The number of rotatable bonds is 9. The maximum Gasteiger partial charge on any atom is 0.410 e. The van der Waals surface area contributed by atoms with E-state index in [0.717, 1.165) is 33.9 Å². The van der Waals surface area contributed by atoms with E-state index in [1.165, 1.54) is 6.07 Å². The highest BCUT2D eigenvalue weighted by Gasteiger charge is 2.48. The largest absolute Gasteiger partial charge is 0.489 e. The molecule has 0 saturated carbocycles. The fourth-order valence-corrected chi connectivity index (χ4v) is 4.87. The van der Waals surface area contributed by atoms with E-state index in [0.29, 0.717) is 5.75 Å². The van der Waals surface area contributed by atoms with Crippen LogP contribution in [0.25, 0.3) is 0 Å². The van der Waals surface area contributed by atoms with Gasteiger partial charge >= 0.3 is 6.18 Å². The van der Waals surface area contributed by atoms with Crippen molar-refractivity contribution in [2.75, 3.05) is 30.8 Å². The number of ether oxygens (including phenoxy) is 2. The Kier molecular flexibility index (Phi) is 8.21. The van der Waals surface area contributed by atoms with Crippen LogP contribution < -0.4 is 14.4 Å². The minimum absolute atomic E-state index is 0.0216. The minimum Gasteiger partial charge on any atom is -0.489 e. The number of anilines is 1. The first-order valence-corrected chi connectivity index (χ1v) is 13.3. The molecule has 11 heteroatoms. The molecule has 2 heterocycles. The SMILES string of the molecule is CCCC(C)(C)Oc1cc(OCc2ccccc2)cc(N2CCN(S(C)(=O)=O)CC2C(F)(F)F)n1. The summed E-state index contributed by atoms with van der Waals surface area (Å²) in [5.41, 5.74) is 0.310. The van der Waals surface area contributed by atoms with E-state index in [1.54, 1.807) is 6.07 Å². The van der Waals surface area contributed by atoms with Gasteiger partial charge in [0.15, 0.2) is 0 Å². The van der Waals surface area contributed by atoms with Crippen LogP contribution in [0.15, 0.2) is 42.5 Å². The first-order valence-electron chi connectivity index (χ1n) is 11.4. The lowest BCUT2D eigenvalue weighted by atomic mass is 10.0. The second-order valence-corrected chi connectivity index (χ2v) is 11.2. The van der Waals surface area contributed by atoms with Crippen molar-refractivity contribution in [1.29, 1.82) is 0 Å². The highest BCUT2D eigenvalue weighted by molar-refractivity contribution is 7.88. The third-order valence-electron chi connectivity index (χ3n) is 5.73. The number of alkyl halides is 3. The van der Waals surface area contributed by atoms with Crippen molar-refractivity contribution in [3.8, 4) is 11.6 Å². The number of halogens is 3. The third kappa shape index (κ3) is 7.47.